The Morgan fingerprint density at radius 3 is 2.60 bits per heavy atom. The highest BCUT2D eigenvalue weighted by Gasteiger charge is 2.15. The van der Waals surface area contributed by atoms with E-state index >= 15 is 0 Å². The second-order valence-electron chi connectivity index (χ2n) is 4.21. The van der Waals surface area contributed by atoms with E-state index in [1.54, 1.807) is 24.3 Å². The molecule has 0 radical (unpaired) electrons. The van der Waals surface area contributed by atoms with Crippen LogP contribution in [0.15, 0.2) is 47.4 Å². The molecule has 1 atom stereocenters. The van der Waals surface area contributed by atoms with Crippen LogP contribution in [-0.4, -0.2) is 27.7 Å². The molecule has 0 amide bonds. The maximum atomic E-state index is 11.5. The lowest BCUT2D eigenvalue weighted by atomic mass is 10.1. The van der Waals surface area contributed by atoms with Crippen LogP contribution in [-0.2, 0) is 0 Å². The van der Waals surface area contributed by atoms with Crippen molar-refractivity contribution in [1.29, 1.82) is 0 Å². The molecule has 2 rings (SSSR count). The molecule has 0 bridgehead atoms. The van der Waals surface area contributed by atoms with Gasteiger partial charge < -0.3 is 20.5 Å². The monoisotopic (exact) mass is 274 g/mol. The summed E-state index contributed by atoms with van der Waals surface area (Å²) in [6, 6.07) is 10.4. The number of H-pyrrole nitrogens is 1. The third-order valence-corrected chi connectivity index (χ3v) is 2.84. The van der Waals surface area contributed by atoms with Gasteiger partial charge in [-0.05, 0) is 11.6 Å². The summed E-state index contributed by atoms with van der Waals surface area (Å²) >= 11 is 0. The lowest BCUT2D eigenvalue weighted by Crippen LogP contribution is -2.21. The van der Waals surface area contributed by atoms with Crippen LogP contribution >= 0.6 is 0 Å². The molecule has 0 saturated carbocycles. The van der Waals surface area contributed by atoms with Crippen molar-refractivity contribution < 1.29 is 15.0 Å². The number of rotatable bonds is 5. The molecule has 0 aliphatic heterocycles. The lowest BCUT2D eigenvalue weighted by Gasteiger charge is -2.14. The maximum Gasteiger partial charge on any atom is 0.343 e. The van der Waals surface area contributed by atoms with Gasteiger partial charge in [0.15, 0.2) is 0 Å². The number of carbonyl (C=O) groups is 1. The molecule has 0 fully saturated rings. The Morgan fingerprint density at radius 2 is 1.95 bits per heavy atom. The van der Waals surface area contributed by atoms with Crippen molar-refractivity contribution in [3.63, 3.8) is 0 Å². The van der Waals surface area contributed by atoms with Gasteiger partial charge in [-0.25, -0.2) is 4.79 Å². The van der Waals surface area contributed by atoms with E-state index in [9.17, 15) is 14.7 Å². The summed E-state index contributed by atoms with van der Waals surface area (Å²) in [5, 5.41) is 21.8. The van der Waals surface area contributed by atoms with Crippen molar-refractivity contribution in [2.75, 3.05) is 11.9 Å². The summed E-state index contributed by atoms with van der Waals surface area (Å²) in [4.78, 5) is 24.8. The molecule has 1 aromatic carbocycles. The first kappa shape index (κ1) is 13.8. The average molecular weight is 274 g/mol. The van der Waals surface area contributed by atoms with E-state index in [1.807, 2.05) is 6.07 Å². The molecule has 6 nitrogen and oxygen atoms in total. The third kappa shape index (κ3) is 3.04. The largest absolute Gasteiger partial charge is 0.477 e. The Hall–Kier alpha value is -2.60. The van der Waals surface area contributed by atoms with E-state index < -0.39 is 17.6 Å². The Morgan fingerprint density at radius 1 is 1.25 bits per heavy atom. The van der Waals surface area contributed by atoms with Crippen molar-refractivity contribution in [2.45, 2.75) is 6.10 Å². The first-order valence-corrected chi connectivity index (χ1v) is 6.01. The number of aromatic nitrogens is 1. The minimum Gasteiger partial charge on any atom is -0.477 e. The van der Waals surface area contributed by atoms with E-state index in [0.717, 1.165) is 0 Å². The van der Waals surface area contributed by atoms with Crippen molar-refractivity contribution in [3.05, 3.63) is 64.1 Å². The quantitative estimate of drug-likeness (QED) is 0.656. The molecular weight excluding hydrogens is 260 g/mol. The molecule has 0 spiro atoms. The zero-order valence-electron chi connectivity index (χ0n) is 10.5. The summed E-state index contributed by atoms with van der Waals surface area (Å²) in [5.74, 6) is -1.32. The highest BCUT2D eigenvalue weighted by atomic mass is 16.4. The molecular formula is C14H14N2O4. The topological polar surface area (TPSA) is 102 Å². The minimum atomic E-state index is -1.32. The van der Waals surface area contributed by atoms with Crippen molar-refractivity contribution >= 4 is 11.7 Å². The SMILES string of the molecule is O=C(O)c1c(NC[C@@H](O)c2ccccc2)cc[nH]c1=O. The number of aliphatic hydroxyl groups excluding tert-OH is 1. The first-order chi connectivity index (χ1) is 9.59. The molecule has 2 aromatic rings. The molecule has 20 heavy (non-hydrogen) atoms. The normalized spacial score (nSPS) is 11.8. The fourth-order valence-corrected chi connectivity index (χ4v) is 1.84. The zero-order valence-corrected chi connectivity index (χ0v) is 10.5. The van der Waals surface area contributed by atoms with Gasteiger partial charge in [0.2, 0.25) is 0 Å². The van der Waals surface area contributed by atoms with Crippen molar-refractivity contribution in [1.82, 2.24) is 4.98 Å². The van der Waals surface area contributed by atoms with Crippen LogP contribution in [0.3, 0.4) is 0 Å². The Bertz CT molecular complexity index is 652. The molecule has 1 aromatic heterocycles. The van der Waals surface area contributed by atoms with Crippen LogP contribution in [0.2, 0.25) is 0 Å². The smallest absolute Gasteiger partial charge is 0.343 e. The number of pyridine rings is 1. The van der Waals surface area contributed by atoms with Gasteiger partial charge in [-0.1, -0.05) is 30.3 Å². The maximum absolute atomic E-state index is 11.5. The molecule has 0 aliphatic rings. The average Bonchev–Trinajstić information content (AvgIpc) is 2.45. The lowest BCUT2D eigenvalue weighted by molar-refractivity contribution is 0.0696. The number of carboxylic acid groups (broad SMARTS) is 1. The van der Waals surface area contributed by atoms with E-state index in [4.69, 9.17) is 5.11 Å². The van der Waals surface area contributed by atoms with Gasteiger partial charge >= 0.3 is 5.97 Å². The summed E-state index contributed by atoms with van der Waals surface area (Å²) in [6.45, 7) is 0.105. The van der Waals surface area contributed by atoms with Crippen molar-refractivity contribution in [2.24, 2.45) is 0 Å². The molecule has 0 saturated heterocycles. The van der Waals surface area contributed by atoms with Gasteiger partial charge in [0.1, 0.15) is 5.56 Å². The van der Waals surface area contributed by atoms with E-state index in [0.29, 0.717) is 5.56 Å². The Labute approximate surface area is 114 Å². The summed E-state index contributed by atoms with van der Waals surface area (Å²) in [7, 11) is 0. The predicted molar refractivity (Wildman–Crippen MR) is 73.9 cm³/mol. The second-order valence-corrected chi connectivity index (χ2v) is 4.21. The van der Waals surface area contributed by atoms with Crippen molar-refractivity contribution in [3.8, 4) is 0 Å². The molecule has 1 heterocycles. The molecule has 0 unspecified atom stereocenters. The second kappa shape index (κ2) is 6.03. The van der Waals surface area contributed by atoms with E-state index in [1.165, 1.54) is 12.3 Å². The molecule has 4 N–H and O–H groups in total. The van der Waals surface area contributed by atoms with Crippen LogP contribution < -0.4 is 10.9 Å². The molecule has 0 aliphatic carbocycles. The number of anilines is 1. The number of aliphatic hydroxyl groups is 1. The first-order valence-electron chi connectivity index (χ1n) is 6.01. The van der Waals surface area contributed by atoms with Crippen LogP contribution in [0, 0.1) is 0 Å². The molecule has 104 valence electrons. The van der Waals surface area contributed by atoms with Gasteiger partial charge in [-0.2, -0.15) is 0 Å². The fraction of sp³-hybridized carbons (Fsp3) is 0.143. The summed E-state index contributed by atoms with van der Waals surface area (Å²) < 4.78 is 0. The predicted octanol–water partition coefficient (Wildman–Crippen LogP) is 1.22. The minimum absolute atomic E-state index is 0.105. The molecule has 6 heteroatoms. The summed E-state index contributed by atoms with van der Waals surface area (Å²) in [6.07, 6.45) is 0.559. The number of hydrogen-bond donors (Lipinski definition) is 4. The number of carboxylic acids is 1. The highest BCUT2D eigenvalue weighted by molar-refractivity contribution is 5.93. The van der Waals surface area contributed by atoms with Gasteiger partial charge in [0.05, 0.1) is 11.8 Å². The van der Waals surface area contributed by atoms with E-state index in [-0.39, 0.29) is 17.8 Å². The Balaban J connectivity index is 2.14. The number of benzene rings is 1. The van der Waals surface area contributed by atoms with E-state index in [2.05, 4.69) is 10.3 Å². The fourth-order valence-electron chi connectivity index (χ4n) is 1.84. The Kier molecular flexibility index (Phi) is 4.17. The van der Waals surface area contributed by atoms with Gasteiger partial charge in [0, 0.05) is 12.7 Å². The summed E-state index contributed by atoms with van der Waals surface area (Å²) in [5.41, 5.74) is -0.164. The van der Waals surface area contributed by atoms with Crippen LogP contribution in [0.5, 0.6) is 0 Å². The van der Waals surface area contributed by atoms with Gasteiger partial charge in [0.25, 0.3) is 5.56 Å². The van der Waals surface area contributed by atoms with Gasteiger partial charge in [-0.3, -0.25) is 4.79 Å². The number of aromatic carboxylic acids is 1. The third-order valence-electron chi connectivity index (χ3n) is 2.84. The standard InChI is InChI=1S/C14H14N2O4/c17-11(9-4-2-1-3-5-9)8-16-10-6-7-15-13(18)12(10)14(19)20/h1-7,11,17H,8H2,(H,19,20)(H2,15,16,18)/t11-/m1/s1. The number of aromatic amines is 1. The number of nitrogens with one attached hydrogen (secondary N) is 2. The van der Waals surface area contributed by atoms with Crippen LogP contribution in [0.25, 0.3) is 0 Å². The van der Waals surface area contributed by atoms with Gasteiger partial charge in [-0.15, -0.1) is 0 Å². The zero-order chi connectivity index (χ0) is 14.5. The highest BCUT2D eigenvalue weighted by Crippen LogP contribution is 2.15. The number of hydrogen-bond acceptors (Lipinski definition) is 4. The van der Waals surface area contributed by atoms with Crippen LogP contribution in [0.1, 0.15) is 22.0 Å². The van der Waals surface area contributed by atoms with Crippen LogP contribution in [0.4, 0.5) is 5.69 Å².